The number of carboxylic acids is 1. The number of ether oxygens (including phenoxy) is 5. The molecule has 25 atom stereocenters. The number of Topliss-reactive ketones (excluding diaryl/α,β-unsaturated/α-hetero) is 1. The molecule has 4 fully saturated rings. The molecule has 20 N–H and O–H groups in total. The Hall–Kier alpha value is -8.76. The number of hydrogen-bond donors (Lipinski definition) is 19. The maximum atomic E-state index is 14.0. The van der Waals surface area contributed by atoms with E-state index >= 15 is 0 Å². The van der Waals surface area contributed by atoms with Crippen LogP contribution in [0.2, 0.25) is 0 Å². The Labute approximate surface area is 668 Å². The fourth-order valence-electron chi connectivity index (χ4n) is 14.0. The van der Waals surface area contributed by atoms with Gasteiger partial charge in [-0.3, -0.25) is 47.9 Å². The van der Waals surface area contributed by atoms with Crippen molar-refractivity contribution >= 4 is 70.9 Å². The van der Waals surface area contributed by atoms with Gasteiger partial charge in [0.15, 0.2) is 18.0 Å². The zero-order chi connectivity index (χ0) is 85.0. The van der Waals surface area contributed by atoms with Crippen molar-refractivity contribution < 1.29 is 127 Å². The number of fused-ring (bicyclic) bond motifs is 13. The second-order valence-corrected chi connectivity index (χ2v) is 30.7. The molecule has 36 heteroatoms. The molecule has 640 valence electrons. The highest BCUT2D eigenvalue weighted by molar-refractivity contribution is 6.06. The van der Waals surface area contributed by atoms with Crippen molar-refractivity contribution in [2.75, 3.05) is 32.8 Å². The van der Waals surface area contributed by atoms with Gasteiger partial charge in [0.25, 0.3) is 11.8 Å². The van der Waals surface area contributed by atoms with E-state index in [9.17, 15) is 103 Å². The van der Waals surface area contributed by atoms with Crippen LogP contribution in [0.3, 0.4) is 0 Å². The van der Waals surface area contributed by atoms with E-state index < -0.39 is 212 Å². The molecule has 0 aliphatic carbocycles. The summed E-state index contributed by atoms with van der Waals surface area (Å²) in [6.07, 6.45) is 15.9. The normalized spacial score (nSPS) is 34.7. The lowest BCUT2D eigenvalue weighted by Crippen LogP contribution is -2.64. The van der Waals surface area contributed by atoms with Crippen molar-refractivity contribution in [1.29, 1.82) is 0 Å². The number of primary amides is 1. The zero-order valence-electron chi connectivity index (χ0n) is 66.2. The highest BCUT2D eigenvalue weighted by atomic mass is 16.6. The number of esters is 1. The summed E-state index contributed by atoms with van der Waals surface area (Å²) in [7, 11) is 0. The molecule has 0 saturated carbocycles. The van der Waals surface area contributed by atoms with Gasteiger partial charge in [-0.1, -0.05) is 113 Å². The Morgan fingerprint density at radius 2 is 1.39 bits per heavy atom. The molecule has 9 amide bonds. The summed E-state index contributed by atoms with van der Waals surface area (Å²) in [6.45, 7) is 10.1. The minimum Gasteiger partial charge on any atom is -0.479 e. The number of ketones is 1. The summed E-state index contributed by atoms with van der Waals surface area (Å²) in [4.78, 5) is 160. The van der Waals surface area contributed by atoms with E-state index in [0.717, 1.165) is 12.5 Å². The lowest BCUT2D eigenvalue weighted by molar-refractivity contribution is -0.175. The molecule has 7 rings (SSSR count). The van der Waals surface area contributed by atoms with Crippen LogP contribution in [-0.4, -0.2) is 283 Å². The number of carbonyl (C=O) groups is 12. The van der Waals surface area contributed by atoms with Crippen LogP contribution in [0.25, 0.3) is 0 Å². The minimum absolute atomic E-state index is 0.00370. The third kappa shape index (κ3) is 29.7. The number of allylic oxidation sites excluding steroid dienone is 7. The maximum Gasteiger partial charge on any atom is 0.336 e. The van der Waals surface area contributed by atoms with Crippen molar-refractivity contribution in [2.24, 2.45) is 29.4 Å². The average molecular weight is 1620 g/mol. The highest BCUT2D eigenvalue weighted by Crippen LogP contribution is 2.43. The SMILES string of the molecule is C/C(=C\[C@H](C)CCCCC(=O)NCCNC(C)C(=O)NCC1NC(=O)C(C(=O)O)NC(=O)C(O)CNC(=O)C(C(C)O)NC(=O)C(C(O)C(O)C(N)=O)NC(=O)C(C(C)C)CC(=O)C(CO)NC1=O)C1OC2C=CC1OC(=O)\C=C/C=C\C=C\[C@H]1OC3(C)CC1O[C@@H](/C=C/C[C@H]1O[C@H](C[C@H](O)[C@H]1C)[C@@H](O)[C@@H](O)/C=C/CC/C=C/C2)C3. The molecule has 4 saturated heterocycles. The lowest BCUT2D eigenvalue weighted by Gasteiger charge is -2.40. The van der Waals surface area contributed by atoms with Crippen molar-refractivity contribution in [2.45, 2.75) is 266 Å². The topological polar surface area (TPSA) is 567 Å². The Morgan fingerprint density at radius 3 is 2.09 bits per heavy atom. The number of aliphatic hydroxyl groups is 8. The van der Waals surface area contributed by atoms with Crippen molar-refractivity contribution in [1.82, 2.24) is 47.9 Å². The van der Waals surface area contributed by atoms with Gasteiger partial charge in [0.2, 0.25) is 47.4 Å². The molecule has 0 aromatic rings. The second-order valence-electron chi connectivity index (χ2n) is 30.7. The van der Waals surface area contributed by atoms with E-state index in [1.165, 1.54) is 26.8 Å². The zero-order valence-corrected chi connectivity index (χ0v) is 66.2. The first-order valence-corrected chi connectivity index (χ1v) is 39.1. The lowest BCUT2D eigenvalue weighted by atomic mass is 9.86. The van der Waals surface area contributed by atoms with E-state index in [1.807, 2.05) is 80.0 Å². The highest BCUT2D eigenvalue weighted by Gasteiger charge is 2.50. The van der Waals surface area contributed by atoms with E-state index in [2.05, 4.69) is 44.9 Å². The van der Waals surface area contributed by atoms with Gasteiger partial charge in [-0.25, -0.2) is 9.59 Å². The van der Waals surface area contributed by atoms with Crippen LogP contribution in [0.1, 0.15) is 132 Å². The van der Waals surface area contributed by atoms with Crippen molar-refractivity contribution in [3.63, 3.8) is 0 Å². The molecule has 0 radical (unpaired) electrons. The second kappa shape index (κ2) is 46.3. The average Bonchev–Trinajstić information content (AvgIpc) is 1.65. The summed E-state index contributed by atoms with van der Waals surface area (Å²) < 4.78 is 31.8. The summed E-state index contributed by atoms with van der Waals surface area (Å²) in [5, 5.41) is 116. The van der Waals surface area contributed by atoms with Crippen LogP contribution in [0.15, 0.2) is 96.7 Å². The van der Waals surface area contributed by atoms with Crippen molar-refractivity contribution in [3.05, 3.63) is 96.7 Å². The standard InChI is InChI=1S/C79H118N10O26/c1-41(2)49-34-54(94)51(40-90)86-73(104)50(85-77(108)65(78(109)110)89-74(105)55(95)39-84-75(106)63(46(7)91)87-76(107)64(88-72(49)103)67(99)68(100)70(80)101)38-83-71(102)45(6)81-31-32-82-61(96)27-19-18-21-42(3)33-43(4)69-58-30-29-47(112-69)22-14-10-9-11-15-24-52(92)66(98)59-35-53(93)44(5)56(113-59)26-20-23-48-36-79(8)37-60(111-48)57(115-79)25-16-12-13-17-28-62(97)114-58/h10,12-17,20,23-25,28-30,33,41-42,44-53,55-60,63-69,81,90-93,95,98-100H,9,11,18-19,21-22,26-27,31-32,34-40H2,1-8H3,(H2,80,101)(H,82,96)(H,83,102)(H,84,106)(H,85,108)(H,86,104)(H,87,107)(H,88,103)(H,89,105)(H,109,110)/b13-12-,14-10+,23-20+,24-15+,25-16+,28-17-,43-33+/t42-,44-,45?,46?,47?,48+,49?,50?,51?,52+,53+,55?,56-,57-,58?,59-,60?,63?,64?,65?,66+,67?,68?,69?,79?/m1/s1. The van der Waals surface area contributed by atoms with Gasteiger partial charge in [0.05, 0.1) is 67.5 Å². The Bertz CT molecular complexity index is 3600. The Balaban J connectivity index is 1.04. The number of unbranched alkanes of at least 4 members (excludes halogenated alkanes) is 1. The van der Waals surface area contributed by atoms with E-state index in [-0.39, 0.29) is 68.1 Å². The fourth-order valence-corrected chi connectivity index (χ4v) is 14.0. The number of amides is 9. The monoisotopic (exact) mass is 1620 g/mol. The molecule has 7 heterocycles. The van der Waals surface area contributed by atoms with Gasteiger partial charge in [-0.15, -0.1) is 0 Å². The number of rotatable bonds is 21. The van der Waals surface area contributed by atoms with Gasteiger partial charge >= 0.3 is 11.9 Å². The van der Waals surface area contributed by atoms with Gasteiger partial charge < -0.3 is 123 Å². The number of nitrogens with one attached hydrogen (secondary N) is 9. The summed E-state index contributed by atoms with van der Waals surface area (Å²) in [5.41, 5.74) is 5.56. The van der Waals surface area contributed by atoms with Crippen LogP contribution in [0, 0.1) is 23.7 Å². The first-order chi connectivity index (χ1) is 54.4. The van der Waals surface area contributed by atoms with Gasteiger partial charge in [0.1, 0.15) is 60.8 Å². The minimum atomic E-state index is -2.61. The molecule has 7 bridgehead atoms. The Morgan fingerprint density at radius 1 is 0.687 bits per heavy atom. The molecule has 7 aliphatic heterocycles. The van der Waals surface area contributed by atoms with Crippen LogP contribution in [0.5, 0.6) is 0 Å². The smallest absolute Gasteiger partial charge is 0.336 e. The number of hydrogen-bond acceptors (Lipinski definition) is 26. The van der Waals surface area contributed by atoms with Crippen LogP contribution >= 0.6 is 0 Å². The van der Waals surface area contributed by atoms with Gasteiger partial charge in [0, 0.05) is 69.7 Å². The largest absolute Gasteiger partial charge is 0.479 e. The van der Waals surface area contributed by atoms with E-state index in [1.54, 1.807) is 35.7 Å². The molecule has 0 spiro atoms. The molecule has 16 unspecified atom stereocenters. The molecule has 0 aromatic heterocycles. The molecule has 36 nitrogen and oxygen atoms in total. The van der Waals surface area contributed by atoms with E-state index in [4.69, 9.17) is 29.4 Å². The van der Waals surface area contributed by atoms with Crippen LogP contribution < -0.4 is 53.6 Å². The first-order valence-electron chi connectivity index (χ1n) is 39.1. The van der Waals surface area contributed by atoms with Crippen LogP contribution in [0.4, 0.5) is 0 Å². The molecule has 7 aliphatic rings. The molecule has 0 aromatic carbocycles. The molecular weight excluding hydrogens is 1500 g/mol. The van der Waals surface area contributed by atoms with Gasteiger partial charge in [-0.05, 0) is 89.7 Å². The third-order valence-corrected chi connectivity index (χ3v) is 20.8. The summed E-state index contributed by atoms with van der Waals surface area (Å²) >= 11 is 0. The van der Waals surface area contributed by atoms with Gasteiger partial charge in [-0.2, -0.15) is 0 Å². The molecule has 115 heavy (non-hydrogen) atoms. The fraction of sp³-hybridized carbons (Fsp3) is 0.646. The number of aliphatic carboxylic acids is 1. The summed E-state index contributed by atoms with van der Waals surface area (Å²) in [5.74, 6) is -17.7. The number of aliphatic hydroxyl groups excluding tert-OH is 8. The first kappa shape index (κ1) is 95.1. The quantitative estimate of drug-likeness (QED) is 0.0234. The van der Waals surface area contributed by atoms with E-state index in [0.29, 0.717) is 57.8 Å². The Kier molecular flexibility index (Phi) is 38.2. The summed E-state index contributed by atoms with van der Waals surface area (Å²) in [6, 6.07) is -12.0. The number of nitrogens with two attached hydrogens (primary N) is 1. The number of carboxylic acid groups (broad SMARTS) is 1. The number of β-amino-alcohol motifs (C(OH)–C–C–N with tert-alkyl or cyclic N) is 1. The van der Waals surface area contributed by atoms with Crippen LogP contribution in [-0.2, 0) is 81.2 Å². The molecular formula is C79H118N10O26. The predicted octanol–water partition coefficient (Wildman–Crippen LogP) is -3.12. The third-order valence-electron chi connectivity index (χ3n) is 20.8. The number of carbonyl (C=O) groups excluding carboxylic acids is 11. The van der Waals surface area contributed by atoms with Crippen molar-refractivity contribution in [3.8, 4) is 0 Å². The maximum absolute atomic E-state index is 14.0. The predicted molar refractivity (Wildman–Crippen MR) is 412 cm³/mol.